The summed E-state index contributed by atoms with van der Waals surface area (Å²) in [5.74, 6) is 0.331. The average Bonchev–Trinajstić information content (AvgIpc) is 3.59. The second-order valence-electron chi connectivity index (χ2n) is 7.52. The summed E-state index contributed by atoms with van der Waals surface area (Å²) in [7, 11) is 0. The topological polar surface area (TPSA) is 77.9 Å². The van der Waals surface area contributed by atoms with Crippen LogP contribution in [0.25, 0.3) is 17.1 Å². The molecule has 0 aliphatic rings. The van der Waals surface area contributed by atoms with Gasteiger partial charge in [-0.3, -0.25) is 4.79 Å². The molecule has 3 aromatic heterocycles. The number of carbonyl (C=O) groups is 1. The molecule has 2 aromatic carbocycles. The van der Waals surface area contributed by atoms with Crippen LogP contribution in [0.1, 0.15) is 21.6 Å². The van der Waals surface area contributed by atoms with Crippen molar-refractivity contribution >= 4 is 17.5 Å². The Morgan fingerprint density at radius 3 is 2.70 bits per heavy atom. The zero-order chi connectivity index (χ0) is 22.6. The predicted octanol–water partition coefficient (Wildman–Crippen LogP) is 4.96. The van der Waals surface area contributed by atoms with E-state index in [1.165, 1.54) is 0 Å². The zero-order valence-electron chi connectivity index (χ0n) is 17.6. The normalized spacial score (nSPS) is 10.9. The van der Waals surface area contributed by atoms with Gasteiger partial charge in [0.1, 0.15) is 5.69 Å². The lowest BCUT2D eigenvalue weighted by Gasteiger charge is -2.07. The minimum atomic E-state index is -0.274. The highest BCUT2D eigenvalue weighted by atomic mass is 35.5. The molecule has 0 saturated heterocycles. The molecule has 5 aromatic rings. The predicted molar refractivity (Wildman–Crippen MR) is 125 cm³/mol. The molecule has 164 valence electrons. The monoisotopic (exact) mass is 457 g/mol. The fraction of sp³-hybridized carbons (Fsp3) is 0.0800. The number of furan rings is 1. The molecule has 7 nitrogen and oxygen atoms in total. The van der Waals surface area contributed by atoms with Crippen LogP contribution in [0.2, 0.25) is 5.02 Å². The quantitative estimate of drug-likeness (QED) is 0.374. The maximum atomic E-state index is 12.9. The number of nitrogens with one attached hydrogen (secondary N) is 1. The number of hydrogen-bond acceptors (Lipinski definition) is 4. The number of amides is 1. The number of benzene rings is 2. The Kier molecular flexibility index (Phi) is 5.78. The molecule has 0 atom stereocenters. The van der Waals surface area contributed by atoms with Crippen LogP contribution in [0.3, 0.4) is 0 Å². The molecule has 0 aliphatic carbocycles. The van der Waals surface area contributed by atoms with Crippen molar-refractivity contribution in [1.29, 1.82) is 0 Å². The summed E-state index contributed by atoms with van der Waals surface area (Å²) in [5, 5.41) is 8.07. The van der Waals surface area contributed by atoms with Crippen molar-refractivity contribution in [2.75, 3.05) is 0 Å². The SMILES string of the molecule is O=C(NCc1cccc(Cn2ccnc2)c1)c1cc(-c2ccco2)n(-c2cccc(Cl)c2)n1. The highest BCUT2D eigenvalue weighted by Gasteiger charge is 2.18. The Balaban J connectivity index is 1.35. The van der Waals surface area contributed by atoms with Crippen LogP contribution in [-0.4, -0.2) is 25.2 Å². The van der Waals surface area contributed by atoms with Crippen LogP contribution < -0.4 is 5.32 Å². The molecule has 0 saturated carbocycles. The Labute approximate surface area is 195 Å². The van der Waals surface area contributed by atoms with Gasteiger partial charge < -0.3 is 14.3 Å². The Hall–Kier alpha value is -4.10. The third-order valence-electron chi connectivity index (χ3n) is 5.14. The van der Waals surface area contributed by atoms with Gasteiger partial charge in [-0.1, -0.05) is 41.9 Å². The number of hydrogen-bond donors (Lipinski definition) is 1. The second-order valence-corrected chi connectivity index (χ2v) is 7.96. The molecule has 8 heteroatoms. The van der Waals surface area contributed by atoms with Crippen molar-refractivity contribution in [3.63, 3.8) is 0 Å². The van der Waals surface area contributed by atoms with Crippen LogP contribution >= 0.6 is 11.6 Å². The number of carbonyl (C=O) groups excluding carboxylic acids is 1. The van der Waals surface area contributed by atoms with E-state index in [1.807, 2.05) is 47.2 Å². The van der Waals surface area contributed by atoms with Crippen LogP contribution in [0.15, 0.2) is 96.1 Å². The Bertz CT molecular complexity index is 1370. The van der Waals surface area contributed by atoms with E-state index in [1.54, 1.807) is 47.7 Å². The first-order valence-corrected chi connectivity index (χ1v) is 10.8. The van der Waals surface area contributed by atoms with Crippen molar-refractivity contribution in [2.24, 2.45) is 0 Å². The van der Waals surface area contributed by atoms with E-state index >= 15 is 0 Å². The number of nitrogens with zero attached hydrogens (tertiary/aromatic N) is 4. The van der Waals surface area contributed by atoms with Crippen molar-refractivity contribution in [1.82, 2.24) is 24.6 Å². The molecular weight excluding hydrogens is 438 g/mol. The minimum Gasteiger partial charge on any atom is -0.463 e. The van der Waals surface area contributed by atoms with Crippen molar-refractivity contribution in [3.8, 4) is 17.1 Å². The van der Waals surface area contributed by atoms with Crippen LogP contribution in [0.5, 0.6) is 0 Å². The van der Waals surface area contributed by atoms with Crippen molar-refractivity contribution in [2.45, 2.75) is 13.1 Å². The molecule has 5 rings (SSSR count). The van der Waals surface area contributed by atoms with Gasteiger partial charge in [-0.05, 0) is 41.5 Å². The molecule has 1 N–H and O–H groups in total. The highest BCUT2D eigenvalue weighted by molar-refractivity contribution is 6.30. The van der Waals surface area contributed by atoms with E-state index in [0.29, 0.717) is 23.0 Å². The summed E-state index contributed by atoms with van der Waals surface area (Å²) in [5.41, 5.74) is 3.82. The summed E-state index contributed by atoms with van der Waals surface area (Å²) < 4.78 is 9.21. The van der Waals surface area contributed by atoms with E-state index < -0.39 is 0 Å². The standard InChI is InChI=1S/C25H20ClN5O2/c26-20-6-2-7-21(13-20)31-23(24-8-3-11-33-24)14-22(29-31)25(32)28-15-18-4-1-5-19(12-18)16-30-10-9-27-17-30/h1-14,17H,15-16H2,(H,28,32). The van der Waals surface area contributed by atoms with Gasteiger partial charge in [0, 0.05) is 36.6 Å². The van der Waals surface area contributed by atoms with E-state index in [9.17, 15) is 4.79 Å². The van der Waals surface area contributed by atoms with Gasteiger partial charge in [-0.2, -0.15) is 5.10 Å². The van der Waals surface area contributed by atoms with E-state index in [4.69, 9.17) is 16.0 Å². The maximum absolute atomic E-state index is 12.9. The molecule has 0 radical (unpaired) electrons. The smallest absolute Gasteiger partial charge is 0.272 e. The van der Waals surface area contributed by atoms with Crippen LogP contribution in [0.4, 0.5) is 0 Å². The van der Waals surface area contributed by atoms with Gasteiger partial charge in [0.2, 0.25) is 0 Å². The van der Waals surface area contributed by atoms with Gasteiger partial charge >= 0.3 is 0 Å². The van der Waals surface area contributed by atoms with E-state index in [0.717, 1.165) is 23.4 Å². The first kappa shape index (κ1) is 20.8. The number of halogens is 1. The van der Waals surface area contributed by atoms with Gasteiger partial charge in [-0.15, -0.1) is 0 Å². The van der Waals surface area contributed by atoms with Crippen LogP contribution in [-0.2, 0) is 13.1 Å². The largest absolute Gasteiger partial charge is 0.463 e. The van der Waals surface area contributed by atoms with Gasteiger partial charge in [0.25, 0.3) is 5.91 Å². The summed E-state index contributed by atoms with van der Waals surface area (Å²) in [6.07, 6.45) is 7.04. The Morgan fingerprint density at radius 2 is 1.91 bits per heavy atom. The number of imidazole rings is 1. The molecule has 1 amide bonds. The summed E-state index contributed by atoms with van der Waals surface area (Å²) in [6.45, 7) is 1.11. The fourth-order valence-corrected chi connectivity index (χ4v) is 3.78. The number of aromatic nitrogens is 4. The molecule has 0 spiro atoms. The zero-order valence-corrected chi connectivity index (χ0v) is 18.3. The lowest BCUT2D eigenvalue weighted by atomic mass is 10.1. The van der Waals surface area contributed by atoms with Gasteiger partial charge in [0.05, 0.1) is 18.3 Å². The lowest BCUT2D eigenvalue weighted by Crippen LogP contribution is -2.23. The van der Waals surface area contributed by atoms with Gasteiger partial charge in [-0.25, -0.2) is 9.67 Å². The minimum absolute atomic E-state index is 0.274. The second kappa shape index (κ2) is 9.18. The van der Waals surface area contributed by atoms with E-state index in [-0.39, 0.29) is 11.6 Å². The first-order chi connectivity index (χ1) is 16.2. The molecular formula is C25H20ClN5O2. The molecule has 0 bridgehead atoms. The van der Waals surface area contributed by atoms with Crippen molar-refractivity contribution in [3.05, 3.63) is 114 Å². The highest BCUT2D eigenvalue weighted by Crippen LogP contribution is 2.26. The molecule has 0 unspecified atom stereocenters. The first-order valence-electron chi connectivity index (χ1n) is 10.4. The molecule has 0 aliphatic heterocycles. The van der Waals surface area contributed by atoms with Gasteiger partial charge in [0.15, 0.2) is 11.5 Å². The third-order valence-corrected chi connectivity index (χ3v) is 5.37. The fourth-order valence-electron chi connectivity index (χ4n) is 3.60. The number of rotatable bonds is 7. The molecule has 33 heavy (non-hydrogen) atoms. The average molecular weight is 458 g/mol. The Morgan fingerprint density at radius 1 is 1.03 bits per heavy atom. The molecule has 3 heterocycles. The summed E-state index contributed by atoms with van der Waals surface area (Å²) in [4.78, 5) is 17.0. The summed E-state index contributed by atoms with van der Waals surface area (Å²) in [6, 6.07) is 20.7. The third kappa shape index (κ3) is 4.73. The molecule has 0 fully saturated rings. The maximum Gasteiger partial charge on any atom is 0.272 e. The summed E-state index contributed by atoms with van der Waals surface area (Å²) >= 11 is 6.17. The van der Waals surface area contributed by atoms with Crippen molar-refractivity contribution < 1.29 is 9.21 Å². The van der Waals surface area contributed by atoms with E-state index in [2.05, 4.69) is 21.5 Å². The van der Waals surface area contributed by atoms with Crippen LogP contribution in [0, 0.1) is 0 Å². The lowest BCUT2D eigenvalue weighted by molar-refractivity contribution is 0.0945.